The number of hydrogen-bond acceptors (Lipinski definition) is 5. The van der Waals surface area contributed by atoms with E-state index in [0.29, 0.717) is 5.39 Å². The number of fused-ring (bicyclic) bond motifs is 1. The van der Waals surface area contributed by atoms with Gasteiger partial charge in [0.15, 0.2) is 17.3 Å². The SMILES string of the molecule is COc1cc2c(OC(=O)CC3CCCC3)c(C)n(C(=O)c3ccc(OC(F)(F)F)cc3)c2cc1F. The van der Waals surface area contributed by atoms with E-state index < -0.39 is 29.8 Å². The van der Waals surface area contributed by atoms with E-state index in [1.54, 1.807) is 6.92 Å². The molecule has 0 unspecified atom stereocenters. The predicted octanol–water partition coefficient (Wildman–Crippen LogP) is 6.17. The van der Waals surface area contributed by atoms with Gasteiger partial charge < -0.3 is 14.2 Å². The maximum absolute atomic E-state index is 14.6. The van der Waals surface area contributed by atoms with Gasteiger partial charge in [-0.25, -0.2) is 4.39 Å². The van der Waals surface area contributed by atoms with Gasteiger partial charge in [0.1, 0.15) is 5.75 Å². The highest BCUT2D eigenvalue weighted by Crippen LogP contribution is 2.38. The molecule has 0 spiro atoms. The minimum atomic E-state index is -4.87. The van der Waals surface area contributed by atoms with Crippen LogP contribution < -0.4 is 14.2 Å². The fourth-order valence-electron chi connectivity index (χ4n) is 4.47. The fraction of sp³-hybridized carbons (Fsp3) is 0.360. The summed E-state index contributed by atoms with van der Waals surface area (Å²) in [7, 11) is 1.29. The Morgan fingerprint density at radius 3 is 2.34 bits per heavy atom. The quantitative estimate of drug-likeness (QED) is 0.304. The van der Waals surface area contributed by atoms with Gasteiger partial charge in [0.05, 0.1) is 18.3 Å². The number of benzene rings is 2. The highest BCUT2D eigenvalue weighted by atomic mass is 19.4. The molecule has 1 fully saturated rings. The molecule has 1 heterocycles. The second-order valence-electron chi connectivity index (χ2n) is 8.46. The summed E-state index contributed by atoms with van der Waals surface area (Å²) >= 11 is 0. The van der Waals surface area contributed by atoms with E-state index in [1.807, 2.05) is 0 Å². The van der Waals surface area contributed by atoms with Crippen molar-refractivity contribution in [2.75, 3.05) is 7.11 Å². The van der Waals surface area contributed by atoms with Gasteiger partial charge in [-0.05, 0) is 56.0 Å². The minimum absolute atomic E-state index is 0.0274. The van der Waals surface area contributed by atoms with Crippen molar-refractivity contribution in [3.8, 4) is 17.2 Å². The topological polar surface area (TPSA) is 66.8 Å². The van der Waals surface area contributed by atoms with Gasteiger partial charge in [-0.1, -0.05) is 12.8 Å². The van der Waals surface area contributed by atoms with Crippen molar-refractivity contribution < 1.29 is 41.4 Å². The molecule has 0 N–H and O–H groups in total. The lowest BCUT2D eigenvalue weighted by atomic mass is 10.0. The molecule has 0 atom stereocenters. The molecule has 0 aliphatic heterocycles. The highest BCUT2D eigenvalue weighted by Gasteiger charge is 2.31. The molecule has 1 aromatic heterocycles. The van der Waals surface area contributed by atoms with Gasteiger partial charge in [0, 0.05) is 23.4 Å². The van der Waals surface area contributed by atoms with E-state index in [1.165, 1.54) is 25.3 Å². The zero-order chi connectivity index (χ0) is 25.3. The minimum Gasteiger partial charge on any atom is -0.494 e. The van der Waals surface area contributed by atoms with Crippen molar-refractivity contribution in [3.63, 3.8) is 0 Å². The third kappa shape index (κ3) is 5.26. The largest absolute Gasteiger partial charge is 0.573 e. The van der Waals surface area contributed by atoms with Gasteiger partial charge in [-0.3, -0.25) is 14.2 Å². The molecule has 1 aliphatic rings. The van der Waals surface area contributed by atoms with Crippen molar-refractivity contribution >= 4 is 22.8 Å². The monoisotopic (exact) mass is 493 g/mol. The average molecular weight is 493 g/mol. The molecule has 186 valence electrons. The normalized spacial score (nSPS) is 14.3. The number of halogens is 4. The van der Waals surface area contributed by atoms with Gasteiger partial charge in [-0.15, -0.1) is 13.2 Å². The summed E-state index contributed by atoms with van der Waals surface area (Å²) in [6.07, 6.45) is -0.614. The van der Waals surface area contributed by atoms with Crippen LogP contribution in [0.2, 0.25) is 0 Å². The molecule has 1 aliphatic carbocycles. The molecule has 10 heteroatoms. The van der Waals surface area contributed by atoms with Crippen LogP contribution in [0.5, 0.6) is 17.2 Å². The summed E-state index contributed by atoms with van der Waals surface area (Å²) in [5.74, 6) is -2.07. The van der Waals surface area contributed by atoms with Gasteiger partial charge in [-0.2, -0.15) is 0 Å². The van der Waals surface area contributed by atoms with Crippen LogP contribution in [-0.2, 0) is 4.79 Å². The smallest absolute Gasteiger partial charge is 0.494 e. The summed E-state index contributed by atoms with van der Waals surface area (Å²) in [6.45, 7) is 1.54. The lowest BCUT2D eigenvalue weighted by molar-refractivity contribution is -0.274. The number of methoxy groups -OCH3 is 1. The maximum Gasteiger partial charge on any atom is 0.573 e. The Morgan fingerprint density at radius 2 is 1.74 bits per heavy atom. The second kappa shape index (κ2) is 9.59. The highest BCUT2D eigenvalue weighted by molar-refractivity contribution is 6.06. The Kier molecular flexibility index (Phi) is 6.73. The van der Waals surface area contributed by atoms with E-state index >= 15 is 0 Å². The zero-order valence-electron chi connectivity index (χ0n) is 19.1. The number of carbonyl (C=O) groups excluding carboxylic acids is 2. The van der Waals surface area contributed by atoms with Crippen LogP contribution in [0.25, 0.3) is 10.9 Å². The molecule has 0 radical (unpaired) electrons. The zero-order valence-corrected chi connectivity index (χ0v) is 19.1. The van der Waals surface area contributed by atoms with Crippen LogP contribution in [0.15, 0.2) is 36.4 Å². The van der Waals surface area contributed by atoms with Crippen LogP contribution in [-0.4, -0.2) is 29.9 Å². The van der Waals surface area contributed by atoms with Crippen LogP contribution in [0.3, 0.4) is 0 Å². The maximum atomic E-state index is 14.6. The molecule has 6 nitrogen and oxygen atoms in total. The van der Waals surface area contributed by atoms with Gasteiger partial charge in [0.2, 0.25) is 0 Å². The Hall–Kier alpha value is -3.56. The van der Waals surface area contributed by atoms with E-state index in [9.17, 15) is 27.2 Å². The molecule has 35 heavy (non-hydrogen) atoms. The third-order valence-electron chi connectivity index (χ3n) is 6.10. The number of esters is 1. The Labute approximate surface area is 198 Å². The number of rotatable bonds is 6. The lowest BCUT2D eigenvalue weighted by Crippen LogP contribution is -2.17. The van der Waals surface area contributed by atoms with Crippen molar-refractivity contribution in [1.82, 2.24) is 4.57 Å². The molecule has 0 bridgehead atoms. The number of ether oxygens (including phenoxy) is 3. The molecule has 0 amide bonds. The van der Waals surface area contributed by atoms with Crippen molar-refractivity contribution in [1.29, 1.82) is 0 Å². The van der Waals surface area contributed by atoms with Crippen LogP contribution in [0.4, 0.5) is 17.6 Å². The van der Waals surface area contributed by atoms with E-state index in [0.717, 1.165) is 48.4 Å². The predicted molar refractivity (Wildman–Crippen MR) is 118 cm³/mol. The molecule has 4 rings (SSSR count). The Morgan fingerprint density at radius 1 is 1.09 bits per heavy atom. The fourth-order valence-corrected chi connectivity index (χ4v) is 4.47. The number of carbonyl (C=O) groups is 2. The number of hydrogen-bond donors (Lipinski definition) is 0. The van der Waals surface area contributed by atoms with E-state index in [-0.39, 0.29) is 40.6 Å². The first-order valence-electron chi connectivity index (χ1n) is 11.1. The first kappa shape index (κ1) is 24.6. The van der Waals surface area contributed by atoms with Gasteiger partial charge in [0.25, 0.3) is 5.91 Å². The molecule has 2 aromatic carbocycles. The Balaban J connectivity index is 1.72. The molecule has 3 aromatic rings. The van der Waals surface area contributed by atoms with Gasteiger partial charge >= 0.3 is 12.3 Å². The van der Waals surface area contributed by atoms with Crippen molar-refractivity contribution in [2.24, 2.45) is 5.92 Å². The molecular formula is C25H23F4NO5. The van der Waals surface area contributed by atoms with Crippen LogP contribution >= 0.6 is 0 Å². The first-order chi connectivity index (χ1) is 16.6. The summed E-state index contributed by atoms with van der Waals surface area (Å²) in [5, 5.41) is 0.297. The number of nitrogens with zero attached hydrogens (tertiary/aromatic N) is 1. The molecular weight excluding hydrogens is 470 g/mol. The summed E-state index contributed by atoms with van der Waals surface area (Å²) in [6, 6.07) is 6.79. The average Bonchev–Trinajstić information content (AvgIpc) is 3.38. The summed E-state index contributed by atoms with van der Waals surface area (Å²) in [5.41, 5.74) is 0.401. The number of alkyl halides is 3. The number of aromatic nitrogens is 1. The lowest BCUT2D eigenvalue weighted by Gasteiger charge is -2.11. The van der Waals surface area contributed by atoms with E-state index in [4.69, 9.17) is 9.47 Å². The standard InChI is InChI=1S/C25H23F4NO5/c1-14-23(34-22(31)11-15-5-3-4-6-15)18-12-21(33-2)19(26)13-20(18)30(14)24(32)16-7-9-17(10-8-16)35-25(27,28)29/h7-10,12-13,15H,3-6,11H2,1-2H3. The first-order valence-corrected chi connectivity index (χ1v) is 11.1. The third-order valence-corrected chi connectivity index (χ3v) is 6.10. The van der Waals surface area contributed by atoms with Crippen LogP contribution in [0, 0.1) is 18.7 Å². The Bertz CT molecular complexity index is 1260. The second-order valence-corrected chi connectivity index (χ2v) is 8.46. The van der Waals surface area contributed by atoms with Crippen molar-refractivity contribution in [3.05, 3.63) is 53.5 Å². The summed E-state index contributed by atoms with van der Waals surface area (Å²) < 4.78 is 67.6. The summed E-state index contributed by atoms with van der Waals surface area (Å²) in [4.78, 5) is 26.0. The van der Waals surface area contributed by atoms with Crippen LogP contribution in [0.1, 0.15) is 48.2 Å². The molecule has 1 saturated carbocycles. The van der Waals surface area contributed by atoms with Crippen molar-refractivity contribution in [2.45, 2.75) is 45.4 Å². The molecule has 0 saturated heterocycles. The van der Waals surface area contributed by atoms with E-state index in [2.05, 4.69) is 4.74 Å².